The molecule has 0 saturated heterocycles. The number of carbonyl (C=O) groups excluding carboxylic acids is 2. The molecule has 11 heteroatoms. The standard InChI is InChI=1S/C24H26N6O4S/c1-28(2)21(32)16-9-11-17(12-10-16)25-20(31)15-35-24-27-26-23-29(13-6-14-34-3)22(33)18-7-4-5-8-19(18)30(23)24/h4-5,7-12H,6,13-15H2,1-3H3,(H,25,31). The molecule has 0 unspecified atom stereocenters. The van der Waals surface area contributed by atoms with Gasteiger partial charge < -0.3 is 15.0 Å². The SMILES string of the molecule is COCCCn1c(=O)c2ccccc2n2c(SCC(=O)Nc3ccc(C(=O)N(C)C)cc3)nnc12. The van der Waals surface area contributed by atoms with Crippen molar-refractivity contribution in [3.05, 3.63) is 64.4 Å². The summed E-state index contributed by atoms with van der Waals surface area (Å²) in [7, 11) is 4.99. The first kappa shape index (κ1) is 24.4. The molecule has 1 N–H and O–H groups in total. The summed E-state index contributed by atoms with van der Waals surface area (Å²) >= 11 is 1.23. The van der Waals surface area contributed by atoms with E-state index in [1.54, 1.807) is 56.1 Å². The number of benzene rings is 2. The van der Waals surface area contributed by atoms with Crippen LogP contribution in [0.25, 0.3) is 16.7 Å². The molecule has 0 aliphatic carbocycles. The van der Waals surface area contributed by atoms with Crippen LogP contribution >= 0.6 is 11.8 Å². The van der Waals surface area contributed by atoms with Crippen LogP contribution in [0, 0.1) is 0 Å². The Morgan fingerprint density at radius 3 is 2.54 bits per heavy atom. The monoisotopic (exact) mass is 494 g/mol. The number of fused-ring (bicyclic) bond motifs is 3. The number of carbonyl (C=O) groups is 2. The smallest absolute Gasteiger partial charge is 0.262 e. The molecule has 0 atom stereocenters. The zero-order valence-electron chi connectivity index (χ0n) is 19.7. The normalized spacial score (nSPS) is 11.2. The van der Waals surface area contributed by atoms with E-state index in [9.17, 15) is 14.4 Å². The maximum atomic E-state index is 13.1. The second kappa shape index (κ2) is 10.7. The number of nitrogens with zero attached hydrogens (tertiary/aromatic N) is 5. The molecule has 2 aromatic heterocycles. The van der Waals surface area contributed by atoms with E-state index in [1.165, 1.54) is 16.7 Å². The Labute approximate surface area is 205 Å². The van der Waals surface area contributed by atoms with Gasteiger partial charge in [0.15, 0.2) is 5.16 Å². The number of thioether (sulfide) groups is 1. The topological polar surface area (TPSA) is 111 Å². The van der Waals surface area contributed by atoms with Crippen LogP contribution in [0.2, 0.25) is 0 Å². The van der Waals surface area contributed by atoms with E-state index in [1.807, 2.05) is 22.6 Å². The molecule has 10 nitrogen and oxygen atoms in total. The Hall–Kier alpha value is -3.70. The van der Waals surface area contributed by atoms with Gasteiger partial charge in [0, 0.05) is 45.6 Å². The summed E-state index contributed by atoms with van der Waals surface area (Å²) in [5, 5.41) is 12.4. The third-order valence-electron chi connectivity index (χ3n) is 5.36. The lowest BCUT2D eigenvalue weighted by molar-refractivity contribution is -0.113. The fourth-order valence-electron chi connectivity index (χ4n) is 3.68. The molecule has 0 fully saturated rings. The van der Waals surface area contributed by atoms with Crippen molar-refractivity contribution in [1.82, 2.24) is 24.1 Å². The maximum Gasteiger partial charge on any atom is 0.262 e. The van der Waals surface area contributed by atoms with E-state index < -0.39 is 0 Å². The van der Waals surface area contributed by atoms with Gasteiger partial charge in [0.1, 0.15) is 0 Å². The Bertz CT molecular complexity index is 1430. The van der Waals surface area contributed by atoms with Gasteiger partial charge in [-0.15, -0.1) is 10.2 Å². The van der Waals surface area contributed by atoms with Gasteiger partial charge >= 0.3 is 0 Å². The van der Waals surface area contributed by atoms with Crippen molar-refractivity contribution in [1.29, 1.82) is 0 Å². The van der Waals surface area contributed by atoms with E-state index in [0.717, 1.165) is 0 Å². The number of aromatic nitrogens is 4. The second-order valence-corrected chi connectivity index (χ2v) is 8.99. The van der Waals surface area contributed by atoms with Gasteiger partial charge in [-0.2, -0.15) is 0 Å². The molecule has 4 aromatic rings. The van der Waals surface area contributed by atoms with Crippen LogP contribution in [0.5, 0.6) is 0 Å². The third-order valence-corrected chi connectivity index (χ3v) is 6.29. The number of hydrogen-bond acceptors (Lipinski definition) is 7. The average Bonchev–Trinajstić information content (AvgIpc) is 3.29. The van der Waals surface area contributed by atoms with Crippen molar-refractivity contribution in [3.63, 3.8) is 0 Å². The maximum absolute atomic E-state index is 13.1. The summed E-state index contributed by atoms with van der Waals surface area (Å²) in [6.07, 6.45) is 0.654. The van der Waals surface area contributed by atoms with Gasteiger partial charge in [0.25, 0.3) is 11.5 Å². The highest BCUT2D eigenvalue weighted by atomic mass is 32.2. The molecule has 2 amide bonds. The lowest BCUT2D eigenvalue weighted by Gasteiger charge is -2.11. The predicted molar refractivity (Wildman–Crippen MR) is 135 cm³/mol. The molecule has 0 aliphatic heterocycles. The van der Waals surface area contributed by atoms with E-state index in [4.69, 9.17) is 4.74 Å². The van der Waals surface area contributed by atoms with Crippen molar-refractivity contribution in [2.75, 3.05) is 38.9 Å². The third kappa shape index (κ3) is 5.20. The summed E-state index contributed by atoms with van der Waals surface area (Å²) in [6, 6.07) is 14.0. The molecule has 2 heterocycles. The van der Waals surface area contributed by atoms with Gasteiger partial charge in [0.05, 0.1) is 16.7 Å². The molecule has 0 aliphatic rings. The second-order valence-electron chi connectivity index (χ2n) is 8.05. The Morgan fingerprint density at radius 2 is 1.83 bits per heavy atom. The van der Waals surface area contributed by atoms with E-state index >= 15 is 0 Å². The lowest BCUT2D eigenvalue weighted by Crippen LogP contribution is -2.24. The molecule has 0 spiro atoms. The molecule has 4 rings (SSSR count). The first-order valence-electron chi connectivity index (χ1n) is 11.0. The van der Waals surface area contributed by atoms with E-state index in [2.05, 4.69) is 15.5 Å². The average molecular weight is 495 g/mol. The Kier molecular flexibility index (Phi) is 7.47. The highest BCUT2D eigenvalue weighted by Crippen LogP contribution is 2.22. The summed E-state index contributed by atoms with van der Waals surface area (Å²) in [5.41, 5.74) is 1.68. The first-order valence-corrected chi connectivity index (χ1v) is 12.0. The Balaban J connectivity index is 1.54. The Morgan fingerprint density at radius 1 is 1.09 bits per heavy atom. The zero-order valence-corrected chi connectivity index (χ0v) is 20.5. The zero-order chi connectivity index (χ0) is 24.9. The fraction of sp³-hybridized carbons (Fsp3) is 0.292. The highest BCUT2D eigenvalue weighted by molar-refractivity contribution is 7.99. The molecule has 0 bridgehead atoms. The van der Waals surface area contributed by atoms with Gasteiger partial charge in [0.2, 0.25) is 11.7 Å². The minimum absolute atomic E-state index is 0.0936. The van der Waals surface area contributed by atoms with Crippen molar-refractivity contribution < 1.29 is 14.3 Å². The molecule has 2 aromatic carbocycles. The number of methoxy groups -OCH3 is 1. The van der Waals surface area contributed by atoms with Crippen molar-refractivity contribution >= 4 is 45.9 Å². The molecule has 0 radical (unpaired) electrons. The number of hydrogen-bond donors (Lipinski definition) is 1. The number of rotatable bonds is 9. The number of nitrogens with one attached hydrogen (secondary N) is 1. The van der Waals surface area contributed by atoms with Crippen LogP contribution in [-0.2, 0) is 16.1 Å². The number of para-hydroxylation sites is 1. The first-order chi connectivity index (χ1) is 16.9. The molecule has 182 valence electrons. The predicted octanol–water partition coefficient (Wildman–Crippen LogP) is 2.51. The van der Waals surface area contributed by atoms with Gasteiger partial charge in [-0.05, 0) is 42.8 Å². The quantitative estimate of drug-likeness (QED) is 0.281. The summed E-state index contributed by atoms with van der Waals surface area (Å²) in [4.78, 5) is 39.2. The largest absolute Gasteiger partial charge is 0.385 e. The van der Waals surface area contributed by atoms with Crippen molar-refractivity contribution in [2.45, 2.75) is 18.1 Å². The summed E-state index contributed by atoms with van der Waals surface area (Å²) < 4.78 is 8.53. The number of anilines is 1. The highest BCUT2D eigenvalue weighted by Gasteiger charge is 2.17. The molecular weight excluding hydrogens is 468 g/mol. The van der Waals surface area contributed by atoms with Crippen LogP contribution in [-0.4, -0.2) is 69.4 Å². The van der Waals surface area contributed by atoms with Gasteiger partial charge in [-0.1, -0.05) is 23.9 Å². The minimum Gasteiger partial charge on any atom is -0.385 e. The number of amides is 2. The van der Waals surface area contributed by atoms with Crippen LogP contribution in [0.15, 0.2) is 58.5 Å². The van der Waals surface area contributed by atoms with E-state index in [0.29, 0.717) is 52.7 Å². The van der Waals surface area contributed by atoms with Crippen LogP contribution in [0.4, 0.5) is 5.69 Å². The number of aryl methyl sites for hydroxylation is 1. The molecule has 35 heavy (non-hydrogen) atoms. The number of ether oxygens (including phenoxy) is 1. The lowest BCUT2D eigenvalue weighted by atomic mass is 10.2. The van der Waals surface area contributed by atoms with Crippen LogP contribution < -0.4 is 10.9 Å². The van der Waals surface area contributed by atoms with Crippen molar-refractivity contribution in [2.24, 2.45) is 0 Å². The van der Waals surface area contributed by atoms with Gasteiger partial charge in [-0.25, -0.2) is 0 Å². The molecular formula is C24H26N6O4S. The van der Waals surface area contributed by atoms with Gasteiger partial charge in [-0.3, -0.25) is 23.4 Å². The molecule has 0 saturated carbocycles. The minimum atomic E-state index is -0.226. The van der Waals surface area contributed by atoms with Crippen LogP contribution in [0.3, 0.4) is 0 Å². The van der Waals surface area contributed by atoms with Crippen molar-refractivity contribution in [3.8, 4) is 0 Å². The van der Waals surface area contributed by atoms with Crippen LogP contribution in [0.1, 0.15) is 16.8 Å². The fourth-order valence-corrected chi connectivity index (χ4v) is 4.42. The summed E-state index contributed by atoms with van der Waals surface area (Å²) in [6.45, 7) is 0.961. The summed E-state index contributed by atoms with van der Waals surface area (Å²) in [5.74, 6) is 0.186. The van der Waals surface area contributed by atoms with E-state index in [-0.39, 0.29) is 23.1 Å².